The Kier molecular flexibility index (Phi) is 5.55. The van der Waals surface area contributed by atoms with E-state index in [-0.39, 0.29) is 0 Å². The van der Waals surface area contributed by atoms with Gasteiger partial charge in [-0.3, -0.25) is 4.90 Å². The highest BCUT2D eigenvalue weighted by Crippen LogP contribution is 2.28. The predicted molar refractivity (Wildman–Crippen MR) is 89.8 cm³/mol. The van der Waals surface area contributed by atoms with Crippen molar-refractivity contribution in [2.24, 2.45) is 5.92 Å². The van der Waals surface area contributed by atoms with E-state index in [0.29, 0.717) is 0 Å². The number of hydrogen-bond donors (Lipinski definition) is 1. The van der Waals surface area contributed by atoms with Crippen LogP contribution in [0, 0.1) is 5.92 Å². The monoisotopic (exact) mass is 352 g/mol. The van der Waals surface area contributed by atoms with Crippen molar-refractivity contribution >= 4 is 15.9 Å². The molecule has 116 valence electrons. The van der Waals surface area contributed by atoms with Crippen LogP contribution in [0.5, 0.6) is 5.75 Å². The fourth-order valence-corrected chi connectivity index (χ4v) is 3.10. The van der Waals surface area contributed by atoms with Crippen LogP contribution < -0.4 is 10.1 Å². The molecule has 0 amide bonds. The molecule has 4 heteroatoms. The molecule has 0 spiro atoms. The number of piperidine rings is 1. The van der Waals surface area contributed by atoms with E-state index in [1.165, 1.54) is 45.3 Å². The van der Waals surface area contributed by atoms with E-state index in [9.17, 15) is 0 Å². The molecular formula is C17H25BrN2O. The zero-order chi connectivity index (χ0) is 14.5. The third kappa shape index (κ3) is 5.28. The Morgan fingerprint density at radius 3 is 2.48 bits per heavy atom. The number of likely N-dealkylation sites (tertiary alicyclic amines) is 1. The molecule has 0 atom stereocenters. The van der Waals surface area contributed by atoms with Crippen molar-refractivity contribution in [2.75, 3.05) is 32.8 Å². The summed E-state index contributed by atoms with van der Waals surface area (Å²) < 4.78 is 6.89. The van der Waals surface area contributed by atoms with E-state index in [4.69, 9.17) is 4.74 Å². The van der Waals surface area contributed by atoms with Crippen LogP contribution in [0.2, 0.25) is 0 Å². The predicted octanol–water partition coefficient (Wildman–Crippen LogP) is 3.29. The summed E-state index contributed by atoms with van der Waals surface area (Å²) in [5.74, 6) is 1.95. The highest BCUT2D eigenvalue weighted by molar-refractivity contribution is 9.10. The van der Waals surface area contributed by atoms with Gasteiger partial charge in [0, 0.05) is 17.1 Å². The first-order chi connectivity index (χ1) is 10.3. The van der Waals surface area contributed by atoms with Crippen LogP contribution in [-0.2, 0) is 0 Å². The van der Waals surface area contributed by atoms with Crippen LogP contribution >= 0.6 is 15.9 Å². The first-order valence-electron chi connectivity index (χ1n) is 8.14. The lowest BCUT2D eigenvalue weighted by molar-refractivity contribution is 0.164. The van der Waals surface area contributed by atoms with E-state index in [0.717, 1.165) is 35.3 Å². The Hall–Kier alpha value is -0.580. The first-order valence-corrected chi connectivity index (χ1v) is 8.93. The molecule has 2 aliphatic rings. The minimum Gasteiger partial charge on any atom is -0.492 e. The van der Waals surface area contributed by atoms with Crippen molar-refractivity contribution < 1.29 is 4.74 Å². The van der Waals surface area contributed by atoms with Crippen molar-refractivity contribution in [3.05, 3.63) is 28.7 Å². The second-order valence-corrected chi connectivity index (χ2v) is 7.19. The van der Waals surface area contributed by atoms with Gasteiger partial charge < -0.3 is 10.1 Å². The molecule has 0 unspecified atom stereocenters. The summed E-state index contributed by atoms with van der Waals surface area (Å²) in [7, 11) is 0. The number of nitrogens with zero attached hydrogens (tertiary/aromatic N) is 1. The molecule has 1 aromatic carbocycles. The number of hydrogen-bond acceptors (Lipinski definition) is 3. The Morgan fingerprint density at radius 2 is 1.81 bits per heavy atom. The molecule has 1 N–H and O–H groups in total. The van der Waals surface area contributed by atoms with Gasteiger partial charge in [-0.25, -0.2) is 0 Å². The molecule has 1 heterocycles. The molecule has 1 saturated heterocycles. The molecular weight excluding hydrogens is 328 g/mol. The molecule has 0 aromatic heterocycles. The SMILES string of the molecule is Brc1ccc(OCCN2CCC(NCC3CC3)CC2)cc1. The highest BCUT2D eigenvalue weighted by atomic mass is 79.9. The summed E-state index contributed by atoms with van der Waals surface area (Å²) in [5.41, 5.74) is 0. The first kappa shape index (κ1) is 15.3. The van der Waals surface area contributed by atoms with E-state index in [1.807, 2.05) is 24.3 Å². The lowest BCUT2D eigenvalue weighted by Gasteiger charge is -2.32. The molecule has 21 heavy (non-hydrogen) atoms. The molecule has 0 radical (unpaired) electrons. The van der Waals surface area contributed by atoms with Gasteiger partial charge in [-0.15, -0.1) is 0 Å². The highest BCUT2D eigenvalue weighted by Gasteiger charge is 2.24. The lowest BCUT2D eigenvalue weighted by Crippen LogP contribution is -2.44. The van der Waals surface area contributed by atoms with Crippen molar-refractivity contribution in [1.82, 2.24) is 10.2 Å². The number of benzene rings is 1. The van der Waals surface area contributed by atoms with Crippen LogP contribution in [0.1, 0.15) is 25.7 Å². The standard InChI is InChI=1S/C17H25BrN2O/c18-15-3-5-17(6-4-15)21-12-11-20-9-7-16(8-10-20)19-13-14-1-2-14/h3-6,14,16,19H,1-2,7-13H2. The largest absolute Gasteiger partial charge is 0.492 e. The van der Waals surface area contributed by atoms with Crippen molar-refractivity contribution in [3.8, 4) is 5.75 Å². The lowest BCUT2D eigenvalue weighted by atomic mass is 10.0. The van der Waals surface area contributed by atoms with E-state index in [2.05, 4.69) is 26.1 Å². The Labute approximate surface area is 136 Å². The molecule has 0 bridgehead atoms. The van der Waals surface area contributed by atoms with Crippen molar-refractivity contribution in [1.29, 1.82) is 0 Å². The normalized spacial score (nSPS) is 20.6. The van der Waals surface area contributed by atoms with E-state index in [1.54, 1.807) is 0 Å². The third-order valence-corrected chi connectivity index (χ3v) is 5.00. The van der Waals surface area contributed by atoms with E-state index < -0.39 is 0 Å². The minimum atomic E-state index is 0.745. The molecule has 1 aromatic rings. The maximum absolute atomic E-state index is 5.80. The van der Waals surface area contributed by atoms with Gasteiger partial charge in [-0.1, -0.05) is 15.9 Å². The van der Waals surface area contributed by atoms with Gasteiger partial charge in [0.25, 0.3) is 0 Å². The summed E-state index contributed by atoms with van der Waals surface area (Å²) in [6.45, 7) is 5.46. The molecule has 3 rings (SSSR count). The van der Waals surface area contributed by atoms with Gasteiger partial charge in [0.15, 0.2) is 0 Å². The average Bonchev–Trinajstić information content (AvgIpc) is 3.33. The fraction of sp³-hybridized carbons (Fsp3) is 0.647. The van der Waals surface area contributed by atoms with Crippen molar-refractivity contribution in [2.45, 2.75) is 31.7 Å². The van der Waals surface area contributed by atoms with Gasteiger partial charge in [0.05, 0.1) is 0 Å². The number of nitrogens with one attached hydrogen (secondary N) is 1. The molecule has 3 nitrogen and oxygen atoms in total. The second kappa shape index (κ2) is 7.61. The smallest absolute Gasteiger partial charge is 0.119 e. The quantitative estimate of drug-likeness (QED) is 0.814. The summed E-state index contributed by atoms with van der Waals surface area (Å²) in [6.07, 6.45) is 5.45. The Balaban J connectivity index is 1.29. The minimum absolute atomic E-state index is 0.745. The van der Waals surface area contributed by atoms with Gasteiger partial charge in [0.1, 0.15) is 12.4 Å². The summed E-state index contributed by atoms with van der Waals surface area (Å²) in [5, 5.41) is 3.73. The fourth-order valence-electron chi connectivity index (χ4n) is 2.84. The Bertz CT molecular complexity index is 425. The molecule has 1 saturated carbocycles. The molecule has 1 aliphatic heterocycles. The second-order valence-electron chi connectivity index (χ2n) is 6.27. The maximum Gasteiger partial charge on any atom is 0.119 e. The van der Waals surface area contributed by atoms with Gasteiger partial charge in [-0.2, -0.15) is 0 Å². The topological polar surface area (TPSA) is 24.5 Å². The van der Waals surface area contributed by atoms with Crippen LogP contribution in [-0.4, -0.2) is 43.7 Å². The van der Waals surface area contributed by atoms with Gasteiger partial charge in [-0.05, 0) is 75.5 Å². The third-order valence-electron chi connectivity index (χ3n) is 4.47. The number of ether oxygens (including phenoxy) is 1. The van der Waals surface area contributed by atoms with Crippen LogP contribution in [0.15, 0.2) is 28.7 Å². The summed E-state index contributed by atoms with van der Waals surface area (Å²) in [4.78, 5) is 2.52. The zero-order valence-corrected chi connectivity index (χ0v) is 14.1. The number of halogens is 1. The van der Waals surface area contributed by atoms with Crippen LogP contribution in [0.4, 0.5) is 0 Å². The van der Waals surface area contributed by atoms with Crippen LogP contribution in [0.25, 0.3) is 0 Å². The van der Waals surface area contributed by atoms with Gasteiger partial charge in [0.2, 0.25) is 0 Å². The zero-order valence-electron chi connectivity index (χ0n) is 12.6. The summed E-state index contributed by atoms with van der Waals surface area (Å²) in [6, 6.07) is 8.81. The van der Waals surface area contributed by atoms with Gasteiger partial charge >= 0.3 is 0 Å². The molecule has 1 aliphatic carbocycles. The maximum atomic E-state index is 5.80. The molecule has 2 fully saturated rings. The van der Waals surface area contributed by atoms with Crippen molar-refractivity contribution in [3.63, 3.8) is 0 Å². The van der Waals surface area contributed by atoms with E-state index >= 15 is 0 Å². The number of rotatable bonds is 7. The van der Waals surface area contributed by atoms with Crippen LogP contribution in [0.3, 0.4) is 0 Å². The Morgan fingerprint density at radius 1 is 1.10 bits per heavy atom. The average molecular weight is 353 g/mol. The summed E-state index contributed by atoms with van der Waals surface area (Å²) >= 11 is 3.44.